The number of aryl methyl sites for hydroxylation is 1. The third kappa shape index (κ3) is 3.86. The molecule has 1 fully saturated rings. The number of hydrogen-bond acceptors (Lipinski definition) is 3. The Kier molecular flexibility index (Phi) is 4.66. The molecule has 7 heteroatoms. The van der Waals surface area contributed by atoms with Gasteiger partial charge in [-0.2, -0.15) is 0 Å². The number of H-pyrrole nitrogens is 2. The molecule has 3 aromatic rings. The van der Waals surface area contributed by atoms with Crippen molar-refractivity contribution in [1.82, 2.24) is 24.8 Å². The van der Waals surface area contributed by atoms with E-state index in [1.807, 2.05) is 53.3 Å². The predicted molar refractivity (Wildman–Crippen MR) is 102 cm³/mol. The average molecular weight is 365 g/mol. The first kappa shape index (κ1) is 17.3. The summed E-state index contributed by atoms with van der Waals surface area (Å²) in [6, 6.07) is 9.69. The first-order valence-corrected chi connectivity index (χ1v) is 9.21. The lowest BCUT2D eigenvalue weighted by Crippen LogP contribution is -2.51. The molecule has 0 radical (unpaired) electrons. The van der Waals surface area contributed by atoms with Crippen LogP contribution in [-0.4, -0.2) is 62.7 Å². The lowest BCUT2D eigenvalue weighted by molar-refractivity contribution is -0.138. The molecule has 27 heavy (non-hydrogen) atoms. The van der Waals surface area contributed by atoms with Gasteiger partial charge in [0.2, 0.25) is 11.8 Å². The van der Waals surface area contributed by atoms with Gasteiger partial charge in [0, 0.05) is 38.1 Å². The summed E-state index contributed by atoms with van der Waals surface area (Å²) in [4.78, 5) is 39.3. The Morgan fingerprint density at radius 2 is 1.74 bits per heavy atom. The summed E-state index contributed by atoms with van der Waals surface area (Å²) in [6.07, 6.45) is 2.57. The van der Waals surface area contributed by atoms with E-state index in [4.69, 9.17) is 0 Å². The minimum Gasteiger partial charge on any atom is -0.365 e. The first-order chi connectivity index (χ1) is 13.1. The highest BCUT2D eigenvalue weighted by Gasteiger charge is 2.24. The van der Waals surface area contributed by atoms with Gasteiger partial charge in [-0.25, -0.2) is 4.98 Å². The molecule has 3 heterocycles. The van der Waals surface area contributed by atoms with Crippen molar-refractivity contribution in [2.75, 3.05) is 26.2 Å². The van der Waals surface area contributed by atoms with E-state index in [0.717, 1.165) is 28.1 Å². The van der Waals surface area contributed by atoms with Gasteiger partial charge in [-0.05, 0) is 36.8 Å². The van der Waals surface area contributed by atoms with Crippen LogP contribution in [0, 0.1) is 6.92 Å². The number of piperazine rings is 1. The number of fused-ring (bicyclic) bond motifs is 1. The summed E-state index contributed by atoms with van der Waals surface area (Å²) in [5, 5.41) is 0. The van der Waals surface area contributed by atoms with Crippen molar-refractivity contribution < 1.29 is 9.59 Å². The van der Waals surface area contributed by atoms with E-state index in [1.54, 1.807) is 0 Å². The van der Waals surface area contributed by atoms with Crippen LogP contribution in [0.4, 0.5) is 0 Å². The molecule has 140 valence electrons. The van der Waals surface area contributed by atoms with Crippen LogP contribution in [0.1, 0.15) is 17.1 Å². The average Bonchev–Trinajstić information content (AvgIpc) is 3.30. The summed E-state index contributed by atoms with van der Waals surface area (Å²) in [7, 11) is 0. The molecule has 0 bridgehead atoms. The number of nitrogens with zero attached hydrogens (tertiary/aromatic N) is 3. The fourth-order valence-electron chi connectivity index (χ4n) is 3.54. The van der Waals surface area contributed by atoms with Crippen molar-refractivity contribution in [2.24, 2.45) is 0 Å². The van der Waals surface area contributed by atoms with Gasteiger partial charge in [-0.1, -0.05) is 6.07 Å². The monoisotopic (exact) mass is 365 g/mol. The second-order valence-corrected chi connectivity index (χ2v) is 6.98. The maximum Gasteiger partial charge on any atom is 0.228 e. The zero-order chi connectivity index (χ0) is 18.8. The van der Waals surface area contributed by atoms with E-state index in [2.05, 4.69) is 15.0 Å². The largest absolute Gasteiger partial charge is 0.365 e. The fraction of sp³-hybridized carbons (Fsp3) is 0.350. The van der Waals surface area contributed by atoms with Gasteiger partial charge < -0.3 is 19.8 Å². The van der Waals surface area contributed by atoms with Crippen LogP contribution < -0.4 is 0 Å². The van der Waals surface area contributed by atoms with E-state index in [0.29, 0.717) is 39.0 Å². The van der Waals surface area contributed by atoms with Gasteiger partial charge in [0.25, 0.3) is 0 Å². The zero-order valence-corrected chi connectivity index (χ0v) is 15.4. The van der Waals surface area contributed by atoms with Gasteiger partial charge in [-0.15, -0.1) is 0 Å². The highest BCUT2D eigenvalue weighted by atomic mass is 16.2. The second kappa shape index (κ2) is 7.26. The number of imidazole rings is 1. The van der Waals surface area contributed by atoms with Crippen molar-refractivity contribution in [3.05, 3.63) is 53.6 Å². The summed E-state index contributed by atoms with van der Waals surface area (Å²) in [6.45, 7) is 4.26. The van der Waals surface area contributed by atoms with Crippen LogP contribution >= 0.6 is 0 Å². The maximum absolute atomic E-state index is 12.6. The number of rotatable bonds is 4. The third-order valence-electron chi connectivity index (χ3n) is 5.01. The molecule has 4 rings (SSSR count). The number of carbonyl (C=O) groups is 2. The first-order valence-electron chi connectivity index (χ1n) is 9.21. The van der Waals surface area contributed by atoms with E-state index < -0.39 is 0 Å². The molecule has 0 unspecified atom stereocenters. The molecule has 2 amide bonds. The maximum atomic E-state index is 12.6. The lowest BCUT2D eigenvalue weighted by atomic mass is 10.1. The minimum atomic E-state index is 0.0991. The number of amides is 2. The Labute approximate surface area is 157 Å². The number of aromatic nitrogens is 3. The fourth-order valence-corrected chi connectivity index (χ4v) is 3.54. The Hall–Kier alpha value is -3.09. The molecular weight excluding hydrogens is 342 g/mol. The van der Waals surface area contributed by atoms with Crippen molar-refractivity contribution in [1.29, 1.82) is 0 Å². The SMILES string of the molecule is Cc1nc2ccc(CC(=O)N3CCN(C(=O)Cc4ccc[nH]4)CC3)cc2[nH]1. The molecular formula is C20H23N5O2. The molecule has 0 saturated carbocycles. The van der Waals surface area contributed by atoms with Crippen molar-refractivity contribution in [3.8, 4) is 0 Å². The van der Waals surface area contributed by atoms with Crippen LogP contribution in [0.15, 0.2) is 36.5 Å². The van der Waals surface area contributed by atoms with E-state index in [1.165, 1.54) is 0 Å². The quantitative estimate of drug-likeness (QED) is 0.737. The molecule has 1 aliphatic heterocycles. The number of carbonyl (C=O) groups excluding carboxylic acids is 2. The molecule has 1 aromatic carbocycles. The van der Waals surface area contributed by atoms with Gasteiger partial charge in [0.05, 0.1) is 23.9 Å². The molecule has 0 aliphatic carbocycles. The lowest BCUT2D eigenvalue weighted by Gasteiger charge is -2.35. The number of hydrogen-bond donors (Lipinski definition) is 2. The molecule has 0 atom stereocenters. The van der Waals surface area contributed by atoms with E-state index in [-0.39, 0.29) is 11.8 Å². The normalized spacial score (nSPS) is 14.7. The van der Waals surface area contributed by atoms with Crippen LogP contribution in [0.3, 0.4) is 0 Å². The second-order valence-electron chi connectivity index (χ2n) is 6.98. The van der Waals surface area contributed by atoms with Crippen LogP contribution in [-0.2, 0) is 22.4 Å². The Balaban J connectivity index is 1.31. The molecule has 1 aliphatic rings. The summed E-state index contributed by atoms with van der Waals surface area (Å²) >= 11 is 0. The number of benzene rings is 1. The predicted octanol–water partition coefficient (Wildman–Crippen LogP) is 1.66. The summed E-state index contributed by atoms with van der Waals surface area (Å²) < 4.78 is 0. The summed E-state index contributed by atoms with van der Waals surface area (Å²) in [5.74, 6) is 1.07. The third-order valence-corrected chi connectivity index (χ3v) is 5.01. The van der Waals surface area contributed by atoms with Gasteiger partial charge in [0.1, 0.15) is 5.82 Å². The van der Waals surface area contributed by atoms with Gasteiger partial charge >= 0.3 is 0 Å². The smallest absolute Gasteiger partial charge is 0.228 e. The van der Waals surface area contributed by atoms with Crippen molar-refractivity contribution in [3.63, 3.8) is 0 Å². The minimum absolute atomic E-state index is 0.0991. The van der Waals surface area contributed by atoms with Gasteiger partial charge in [-0.3, -0.25) is 9.59 Å². The van der Waals surface area contributed by atoms with Crippen LogP contribution in [0.25, 0.3) is 11.0 Å². The topological polar surface area (TPSA) is 85.1 Å². The Morgan fingerprint density at radius 1 is 1.04 bits per heavy atom. The summed E-state index contributed by atoms with van der Waals surface area (Å²) in [5.41, 5.74) is 3.76. The molecule has 2 N–H and O–H groups in total. The number of aromatic amines is 2. The Bertz CT molecular complexity index is 952. The molecule has 0 spiro atoms. The van der Waals surface area contributed by atoms with Crippen molar-refractivity contribution >= 4 is 22.8 Å². The highest BCUT2D eigenvalue weighted by molar-refractivity contribution is 5.82. The molecule has 2 aromatic heterocycles. The van der Waals surface area contributed by atoms with E-state index in [9.17, 15) is 9.59 Å². The highest BCUT2D eigenvalue weighted by Crippen LogP contribution is 2.15. The number of nitrogens with one attached hydrogen (secondary N) is 2. The van der Waals surface area contributed by atoms with Crippen LogP contribution in [0.2, 0.25) is 0 Å². The van der Waals surface area contributed by atoms with Crippen molar-refractivity contribution in [2.45, 2.75) is 19.8 Å². The zero-order valence-electron chi connectivity index (χ0n) is 15.4. The molecule has 1 saturated heterocycles. The van der Waals surface area contributed by atoms with Gasteiger partial charge in [0.15, 0.2) is 0 Å². The molecule has 7 nitrogen and oxygen atoms in total. The standard InChI is InChI=1S/C20H23N5O2/c1-14-22-17-5-4-15(11-18(17)23-14)12-19(26)24-7-9-25(10-8-24)20(27)13-16-3-2-6-21-16/h2-6,11,21H,7-10,12-13H2,1H3,(H,22,23). The van der Waals surface area contributed by atoms with E-state index >= 15 is 0 Å². The van der Waals surface area contributed by atoms with Crippen LogP contribution in [0.5, 0.6) is 0 Å². The Morgan fingerprint density at radius 3 is 2.41 bits per heavy atom.